The van der Waals surface area contributed by atoms with Crippen molar-refractivity contribution in [3.05, 3.63) is 83.4 Å². The Morgan fingerprint density at radius 1 is 1.04 bits per heavy atom. The lowest BCUT2D eigenvalue weighted by Gasteiger charge is -2.07. The SMILES string of the molecule is NC(=O)c1ccc(F)c(C(=O)c2c[nH]c3ncc(-c4cccnc4)cc23)c1F. The zero-order valence-electron chi connectivity index (χ0n) is 14.2. The highest BCUT2D eigenvalue weighted by atomic mass is 19.1. The van der Waals surface area contributed by atoms with Crippen LogP contribution in [-0.2, 0) is 0 Å². The molecule has 0 fully saturated rings. The molecule has 3 N–H and O–H groups in total. The molecule has 3 aromatic heterocycles. The summed E-state index contributed by atoms with van der Waals surface area (Å²) in [5.41, 5.74) is 5.54. The quantitative estimate of drug-likeness (QED) is 0.532. The number of pyridine rings is 2. The minimum Gasteiger partial charge on any atom is -0.366 e. The number of carbonyl (C=O) groups is 2. The molecule has 28 heavy (non-hydrogen) atoms. The first-order valence-corrected chi connectivity index (χ1v) is 8.17. The van der Waals surface area contributed by atoms with E-state index in [0.29, 0.717) is 16.6 Å². The van der Waals surface area contributed by atoms with Crippen molar-refractivity contribution in [2.75, 3.05) is 0 Å². The van der Waals surface area contributed by atoms with Crippen molar-refractivity contribution in [1.82, 2.24) is 15.0 Å². The molecule has 1 amide bonds. The second kappa shape index (κ2) is 6.66. The number of primary amides is 1. The first-order valence-electron chi connectivity index (χ1n) is 8.17. The molecule has 0 aliphatic carbocycles. The number of ketones is 1. The summed E-state index contributed by atoms with van der Waals surface area (Å²) in [7, 11) is 0. The van der Waals surface area contributed by atoms with Gasteiger partial charge in [-0.25, -0.2) is 13.8 Å². The van der Waals surface area contributed by atoms with Crippen LogP contribution >= 0.6 is 0 Å². The number of fused-ring (bicyclic) bond motifs is 1. The maximum Gasteiger partial charge on any atom is 0.251 e. The lowest BCUT2D eigenvalue weighted by Crippen LogP contribution is -2.17. The number of carbonyl (C=O) groups excluding carboxylic acids is 2. The van der Waals surface area contributed by atoms with E-state index in [1.807, 2.05) is 6.07 Å². The fraction of sp³-hybridized carbons (Fsp3) is 0. The summed E-state index contributed by atoms with van der Waals surface area (Å²) in [4.78, 5) is 35.3. The summed E-state index contributed by atoms with van der Waals surface area (Å²) < 4.78 is 28.8. The Morgan fingerprint density at radius 3 is 2.57 bits per heavy atom. The topological polar surface area (TPSA) is 102 Å². The summed E-state index contributed by atoms with van der Waals surface area (Å²) in [6.07, 6.45) is 6.17. The highest BCUT2D eigenvalue weighted by Gasteiger charge is 2.25. The number of nitrogens with one attached hydrogen (secondary N) is 1. The number of aromatic amines is 1. The molecule has 138 valence electrons. The molecule has 0 atom stereocenters. The summed E-state index contributed by atoms with van der Waals surface area (Å²) >= 11 is 0. The van der Waals surface area contributed by atoms with Gasteiger partial charge in [0, 0.05) is 46.9 Å². The molecule has 4 aromatic rings. The minimum atomic E-state index is -1.29. The highest BCUT2D eigenvalue weighted by Crippen LogP contribution is 2.27. The van der Waals surface area contributed by atoms with Crippen LogP contribution < -0.4 is 5.73 Å². The van der Waals surface area contributed by atoms with Crippen molar-refractivity contribution in [2.24, 2.45) is 5.73 Å². The summed E-state index contributed by atoms with van der Waals surface area (Å²) in [5.74, 6) is -4.39. The zero-order chi connectivity index (χ0) is 19.8. The van der Waals surface area contributed by atoms with Crippen LogP contribution in [-0.4, -0.2) is 26.6 Å². The van der Waals surface area contributed by atoms with E-state index in [1.165, 1.54) is 6.20 Å². The van der Waals surface area contributed by atoms with Crippen LogP contribution in [0.15, 0.2) is 55.1 Å². The Hall–Kier alpha value is -3.94. The van der Waals surface area contributed by atoms with Gasteiger partial charge in [0.2, 0.25) is 5.78 Å². The first kappa shape index (κ1) is 17.5. The van der Waals surface area contributed by atoms with Gasteiger partial charge < -0.3 is 10.7 Å². The molecule has 0 radical (unpaired) electrons. The Balaban J connectivity index is 1.87. The Bertz CT molecular complexity index is 1240. The second-order valence-electron chi connectivity index (χ2n) is 6.04. The molecule has 0 spiro atoms. The van der Waals surface area contributed by atoms with Crippen molar-refractivity contribution >= 4 is 22.7 Å². The molecule has 0 unspecified atom stereocenters. The molecular formula is C20H12F2N4O2. The number of benzene rings is 1. The van der Waals surface area contributed by atoms with Gasteiger partial charge in [0.05, 0.1) is 11.1 Å². The lowest BCUT2D eigenvalue weighted by atomic mass is 9.98. The van der Waals surface area contributed by atoms with E-state index in [1.54, 1.807) is 30.7 Å². The van der Waals surface area contributed by atoms with Gasteiger partial charge in [0.25, 0.3) is 5.91 Å². The zero-order valence-corrected chi connectivity index (χ0v) is 14.2. The summed E-state index contributed by atoms with van der Waals surface area (Å²) in [5, 5.41) is 0.384. The van der Waals surface area contributed by atoms with Crippen LogP contribution in [0.4, 0.5) is 8.78 Å². The van der Waals surface area contributed by atoms with Gasteiger partial charge in [-0.2, -0.15) is 0 Å². The first-order chi connectivity index (χ1) is 13.5. The molecule has 0 aliphatic heterocycles. The number of hydrogen-bond acceptors (Lipinski definition) is 4. The van der Waals surface area contributed by atoms with E-state index in [9.17, 15) is 18.4 Å². The maximum atomic E-state index is 14.6. The van der Waals surface area contributed by atoms with E-state index in [-0.39, 0.29) is 5.56 Å². The molecule has 8 heteroatoms. The number of hydrogen-bond donors (Lipinski definition) is 2. The number of H-pyrrole nitrogens is 1. The molecule has 0 bridgehead atoms. The largest absolute Gasteiger partial charge is 0.366 e. The van der Waals surface area contributed by atoms with Gasteiger partial charge in [0.1, 0.15) is 17.3 Å². The fourth-order valence-corrected chi connectivity index (χ4v) is 2.97. The Morgan fingerprint density at radius 2 is 1.86 bits per heavy atom. The summed E-state index contributed by atoms with van der Waals surface area (Å²) in [6, 6.07) is 6.99. The predicted octanol–water partition coefficient (Wildman–Crippen LogP) is 3.23. The van der Waals surface area contributed by atoms with Crippen LogP contribution in [0.3, 0.4) is 0 Å². The number of nitrogens with two attached hydrogens (primary N) is 1. The molecule has 0 saturated heterocycles. The third-order valence-electron chi connectivity index (χ3n) is 4.35. The van der Waals surface area contributed by atoms with Gasteiger partial charge >= 0.3 is 0 Å². The maximum absolute atomic E-state index is 14.6. The van der Waals surface area contributed by atoms with Gasteiger partial charge in [-0.3, -0.25) is 14.6 Å². The number of rotatable bonds is 4. The molecule has 0 saturated carbocycles. The molecule has 0 aliphatic rings. The Labute approximate surface area is 157 Å². The Kier molecular flexibility index (Phi) is 4.15. The smallest absolute Gasteiger partial charge is 0.251 e. The van der Waals surface area contributed by atoms with Crippen LogP contribution in [0.25, 0.3) is 22.2 Å². The van der Waals surface area contributed by atoms with Crippen LogP contribution in [0.5, 0.6) is 0 Å². The molecule has 6 nitrogen and oxygen atoms in total. The average Bonchev–Trinajstić information content (AvgIpc) is 3.11. The van der Waals surface area contributed by atoms with E-state index >= 15 is 0 Å². The van der Waals surface area contributed by atoms with Gasteiger partial charge in [-0.15, -0.1) is 0 Å². The normalized spacial score (nSPS) is 10.9. The van der Waals surface area contributed by atoms with E-state index in [4.69, 9.17) is 5.73 Å². The van der Waals surface area contributed by atoms with Crippen LogP contribution in [0.1, 0.15) is 26.3 Å². The van der Waals surface area contributed by atoms with Crippen molar-refractivity contribution < 1.29 is 18.4 Å². The average molecular weight is 378 g/mol. The third-order valence-corrected chi connectivity index (χ3v) is 4.35. The number of aromatic nitrogens is 3. The molecule has 4 rings (SSSR count). The van der Waals surface area contributed by atoms with E-state index in [0.717, 1.165) is 17.7 Å². The lowest BCUT2D eigenvalue weighted by molar-refractivity contribution is 0.0996. The molecule has 1 aromatic carbocycles. The van der Waals surface area contributed by atoms with Gasteiger partial charge in [-0.1, -0.05) is 6.07 Å². The van der Waals surface area contributed by atoms with E-state index in [2.05, 4.69) is 15.0 Å². The number of amides is 1. The van der Waals surface area contributed by atoms with Crippen molar-refractivity contribution in [3.8, 4) is 11.1 Å². The third kappa shape index (κ3) is 2.81. The highest BCUT2D eigenvalue weighted by molar-refractivity contribution is 6.17. The number of nitrogens with zero attached hydrogens (tertiary/aromatic N) is 2. The predicted molar refractivity (Wildman–Crippen MR) is 97.6 cm³/mol. The van der Waals surface area contributed by atoms with Gasteiger partial charge in [0.15, 0.2) is 0 Å². The summed E-state index contributed by atoms with van der Waals surface area (Å²) in [6.45, 7) is 0. The van der Waals surface area contributed by atoms with Crippen molar-refractivity contribution in [1.29, 1.82) is 0 Å². The fourth-order valence-electron chi connectivity index (χ4n) is 2.97. The van der Waals surface area contributed by atoms with Crippen molar-refractivity contribution in [2.45, 2.75) is 0 Å². The minimum absolute atomic E-state index is 0.0210. The monoisotopic (exact) mass is 378 g/mol. The molecular weight excluding hydrogens is 366 g/mol. The van der Waals surface area contributed by atoms with E-state index < -0.39 is 34.5 Å². The molecule has 3 heterocycles. The van der Waals surface area contributed by atoms with Crippen LogP contribution in [0, 0.1) is 11.6 Å². The second-order valence-corrected chi connectivity index (χ2v) is 6.04. The number of halogens is 2. The van der Waals surface area contributed by atoms with Gasteiger partial charge in [-0.05, 0) is 24.3 Å². The van der Waals surface area contributed by atoms with Crippen LogP contribution in [0.2, 0.25) is 0 Å². The van der Waals surface area contributed by atoms with Crippen molar-refractivity contribution in [3.63, 3.8) is 0 Å². The standard InChI is InChI=1S/C20H12F2N4O2/c21-15-4-3-12(19(23)28)17(22)16(15)18(27)14-9-26-20-13(14)6-11(8-25-20)10-2-1-5-24-7-10/h1-9H,(H2,23,28)(H,25,26).